The van der Waals surface area contributed by atoms with E-state index >= 15 is 0 Å². The zero-order valence-electron chi connectivity index (χ0n) is 13.8. The van der Waals surface area contributed by atoms with Gasteiger partial charge in [0, 0.05) is 6.20 Å². The van der Waals surface area contributed by atoms with Crippen molar-refractivity contribution in [3.63, 3.8) is 0 Å². The summed E-state index contributed by atoms with van der Waals surface area (Å²) in [7, 11) is 1.49. The van der Waals surface area contributed by atoms with Gasteiger partial charge in [-0.3, -0.25) is 14.8 Å². The summed E-state index contributed by atoms with van der Waals surface area (Å²) in [6.45, 7) is 1.87. The third kappa shape index (κ3) is 3.46. The quantitative estimate of drug-likeness (QED) is 0.772. The van der Waals surface area contributed by atoms with Crippen LogP contribution in [0, 0.1) is 18.6 Å². The molecule has 0 aliphatic rings. The van der Waals surface area contributed by atoms with E-state index in [1.54, 1.807) is 6.20 Å². The SMILES string of the molecule is COc1ncc(C)cc1-c1cnc(NC(=O)c2c(F)cncc2F)cn1. The van der Waals surface area contributed by atoms with Gasteiger partial charge in [-0.15, -0.1) is 0 Å². The molecule has 3 rings (SSSR count). The van der Waals surface area contributed by atoms with E-state index in [1.165, 1.54) is 19.5 Å². The molecule has 1 N–H and O–H groups in total. The molecular weight excluding hydrogens is 344 g/mol. The molecule has 132 valence electrons. The number of methoxy groups -OCH3 is 1. The Morgan fingerprint density at radius 1 is 1.04 bits per heavy atom. The second-order valence-electron chi connectivity index (χ2n) is 5.29. The first kappa shape index (κ1) is 17.3. The number of aromatic nitrogens is 4. The Morgan fingerprint density at radius 3 is 2.38 bits per heavy atom. The van der Waals surface area contributed by atoms with Crippen molar-refractivity contribution in [3.8, 4) is 17.1 Å². The molecule has 0 saturated carbocycles. The van der Waals surface area contributed by atoms with Gasteiger partial charge in [0.2, 0.25) is 5.88 Å². The molecule has 0 radical (unpaired) electrons. The number of carbonyl (C=O) groups excluding carboxylic acids is 1. The Labute approximate surface area is 147 Å². The highest BCUT2D eigenvalue weighted by Crippen LogP contribution is 2.27. The van der Waals surface area contributed by atoms with Crippen LogP contribution in [0.2, 0.25) is 0 Å². The molecule has 9 heteroatoms. The lowest BCUT2D eigenvalue weighted by atomic mass is 10.1. The molecule has 3 aromatic heterocycles. The van der Waals surface area contributed by atoms with E-state index < -0.39 is 23.1 Å². The van der Waals surface area contributed by atoms with Crippen LogP contribution in [0.25, 0.3) is 11.3 Å². The second kappa shape index (κ2) is 7.18. The maximum Gasteiger partial charge on any atom is 0.262 e. The summed E-state index contributed by atoms with van der Waals surface area (Å²) in [5, 5.41) is 2.29. The smallest absolute Gasteiger partial charge is 0.262 e. The third-order valence-corrected chi connectivity index (χ3v) is 3.43. The van der Waals surface area contributed by atoms with E-state index in [-0.39, 0.29) is 5.82 Å². The topological polar surface area (TPSA) is 89.9 Å². The van der Waals surface area contributed by atoms with E-state index in [9.17, 15) is 13.6 Å². The molecule has 0 bridgehead atoms. The number of hydrogen-bond acceptors (Lipinski definition) is 6. The first-order valence-corrected chi connectivity index (χ1v) is 7.43. The van der Waals surface area contributed by atoms with Crippen LogP contribution in [-0.2, 0) is 0 Å². The molecule has 0 spiro atoms. The molecule has 0 aliphatic heterocycles. The molecule has 0 fully saturated rings. The molecule has 0 saturated heterocycles. The lowest BCUT2D eigenvalue weighted by Crippen LogP contribution is -2.17. The molecule has 3 aromatic rings. The Kier molecular flexibility index (Phi) is 4.78. The van der Waals surface area contributed by atoms with E-state index in [0.29, 0.717) is 17.1 Å². The van der Waals surface area contributed by atoms with Gasteiger partial charge >= 0.3 is 0 Å². The van der Waals surface area contributed by atoms with Gasteiger partial charge in [0.05, 0.1) is 43.2 Å². The van der Waals surface area contributed by atoms with Gasteiger partial charge in [-0.2, -0.15) is 0 Å². The summed E-state index contributed by atoms with van der Waals surface area (Å²) >= 11 is 0. The van der Waals surface area contributed by atoms with Gasteiger partial charge in [0.15, 0.2) is 17.5 Å². The minimum absolute atomic E-state index is 0.0361. The summed E-state index contributed by atoms with van der Waals surface area (Å²) in [5.41, 5.74) is 1.26. The van der Waals surface area contributed by atoms with Crippen LogP contribution in [0.1, 0.15) is 15.9 Å². The fraction of sp³-hybridized carbons (Fsp3) is 0.118. The number of nitrogens with zero attached hydrogens (tertiary/aromatic N) is 4. The predicted molar refractivity (Wildman–Crippen MR) is 88.7 cm³/mol. The highest BCUT2D eigenvalue weighted by Gasteiger charge is 2.18. The van der Waals surface area contributed by atoms with Crippen molar-refractivity contribution in [2.45, 2.75) is 6.92 Å². The third-order valence-electron chi connectivity index (χ3n) is 3.43. The summed E-state index contributed by atoms with van der Waals surface area (Å²) in [6.07, 6.45) is 5.83. The van der Waals surface area contributed by atoms with Crippen molar-refractivity contribution in [1.82, 2.24) is 19.9 Å². The molecular formula is C17H13F2N5O2. The van der Waals surface area contributed by atoms with Gasteiger partial charge < -0.3 is 10.1 Å². The van der Waals surface area contributed by atoms with Gasteiger partial charge in [0.1, 0.15) is 5.56 Å². The fourth-order valence-corrected chi connectivity index (χ4v) is 2.24. The monoisotopic (exact) mass is 357 g/mol. The normalized spacial score (nSPS) is 10.5. The second-order valence-corrected chi connectivity index (χ2v) is 5.29. The maximum absolute atomic E-state index is 13.6. The largest absolute Gasteiger partial charge is 0.481 e. The summed E-state index contributed by atoms with van der Waals surface area (Å²) in [6, 6.07) is 1.83. The number of halogens is 2. The van der Waals surface area contributed by atoms with Crippen LogP contribution in [-0.4, -0.2) is 33.0 Å². The van der Waals surface area contributed by atoms with Crippen LogP contribution in [0.4, 0.5) is 14.6 Å². The van der Waals surface area contributed by atoms with Crippen molar-refractivity contribution in [3.05, 3.63) is 59.8 Å². The summed E-state index contributed by atoms with van der Waals surface area (Å²) in [4.78, 5) is 27.8. The lowest BCUT2D eigenvalue weighted by Gasteiger charge is -2.09. The predicted octanol–water partition coefficient (Wildman–Crippen LogP) is 2.78. The summed E-state index contributed by atoms with van der Waals surface area (Å²) < 4.78 is 32.4. The van der Waals surface area contributed by atoms with Gasteiger partial charge in [-0.25, -0.2) is 18.7 Å². The van der Waals surface area contributed by atoms with Crippen molar-refractivity contribution in [2.24, 2.45) is 0 Å². The standard InChI is InChI=1S/C17H13F2N5O2/c1-9-3-10(17(26-2)23-4-9)13-7-22-14(8-21-13)24-16(25)15-11(18)5-20-6-12(15)19/h3-8H,1-2H3,(H,22,24,25). The Hall–Kier alpha value is -3.49. The Bertz CT molecular complexity index is 944. The molecule has 1 amide bonds. The van der Waals surface area contributed by atoms with Crippen LogP contribution >= 0.6 is 0 Å². The number of anilines is 1. The molecule has 7 nitrogen and oxygen atoms in total. The minimum Gasteiger partial charge on any atom is -0.481 e. The van der Waals surface area contributed by atoms with Crippen molar-refractivity contribution in [2.75, 3.05) is 12.4 Å². The molecule has 0 unspecified atom stereocenters. The van der Waals surface area contributed by atoms with Crippen LogP contribution in [0.5, 0.6) is 5.88 Å². The highest BCUT2D eigenvalue weighted by molar-refractivity contribution is 6.04. The number of amides is 1. The minimum atomic E-state index is -1.07. The maximum atomic E-state index is 13.6. The van der Waals surface area contributed by atoms with Gasteiger partial charge in [0.25, 0.3) is 5.91 Å². The molecule has 0 atom stereocenters. The van der Waals surface area contributed by atoms with Crippen LogP contribution in [0.15, 0.2) is 37.1 Å². The molecule has 26 heavy (non-hydrogen) atoms. The first-order chi connectivity index (χ1) is 12.5. The van der Waals surface area contributed by atoms with E-state index in [1.807, 2.05) is 13.0 Å². The van der Waals surface area contributed by atoms with E-state index in [2.05, 4.69) is 25.3 Å². The van der Waals surface area contributed by atoms with E-state index in [0.717, 1.165) is 18.0 Å². The van der Waals surface area contributed by atoms with Crippen molar-refractivity contribution in [1.29, 1.82) is 0 Å². The van der Waals surface area contributed by atoms with Gasteiger partial charge in [-0.05, 0) is 18.6 Å². The first-order valence-electron chi connectivity index (χ1n) is 7.43. The number of hydrogen-bond donors (Lipinski definition) is 1. The number of rotatable bonds is 4. The average molecular weight is 357 g/mol. The van der Waals surface area contributed by atoms with Crippen molar-refractivity contribution >= 4 is 11.7 Å². The zero-order valence-corrected chi connectivity index (χ0v) is 13.8. The summed E-state index contributed by atoms with van der Waals surface area (Å²) in [5.74, 6) is -2.71. The van der Waals surface area contributed by atoms with Gasteiger partial charge in [-0.1, -0.05) is 0 Å². The number of ether oxygens (including phenoxy) is 1. The number of pyridine rings is 2. The number of aryl methyl sites for hydroxylation is 1. The average Bonchev–Trinajstić information content (AvgIpc) is 2.62. The fourth-order valence-electron chi connectivity index (χ4n) is 2.24. The number of carbonyl (C=O) groups is 1. The Balaban J connectivity index is 1.85. The van der Waals surface area contributed by atoms with Crippen LogP contribution in [0.3, 0.4) is 0 Å². The lowest BCUT2D eigenvalue weighted by molar-refractivity contribution is 0.101. The zero-order chi connectivity index (χ0) is 18.7. The Morgan fingerprint density at radius 2 is 1.77 bits per heavy atom. The van der Waals surface area contributed by atoms with E-state index in [4.69, 9.17) is 4.74 Å². The van der Waals surface area contributed by atoms with Crippen LogP contribution < -0.4 is 10.1 Å². The molecule has 0 aromatic carbocycles. The molecule has 3 heterocycles. The molecule has 0 aliphatic carbocycles. The highest BCUT2D eigenvalue weighted by atomic mass is 19.1. The number of nitrogens with one attached hydrogen (secondary N) is 1. The van der Waals surface area contributed by atoms with Crippen molar-refractivity contribution < 1.29 is 18.3 Å².